The molecule has 13 heteroatoms. The third kappa shape index (κ3) is 5.65. The van der Waals surface area contributed by atoms with E-state index in [1.54, 1.807) is 0 Å². The summed E-state index contributed by atoms with van der Waals surface area (Å²) >= 11 is 12.0. The smallest absolute Gasteiger partial charge is 0.382 e. The van der Waals surface area contributed by atoms with Gasteiger partial charge in [0.05, 0.1) is 23.2 Å². The van der Waals surface area contributed by atoms with Gasteiger partial charge in [0.15, 0.2) is 16.3 Å². The average Bonchev–Trinajstić information content (AvgIpc) is 2.83. The van der Waals surface area contributed by atoms with Crippen LogP contribution in [0.5, 0.6) is 0 Å². The first-order valence-electron chi connectivity index (χ1n) is 11.0. The van der Waals surface area contributed by atoms with E-state index in [0.29, 0.717) is 29.8 Å². The van der Waals surface area contributed by atoms with E-state index in [1.807, 2.05) is 0 Å². The van der Waals surface area contributed by atoms with Crippen LogP contribution < -0.4 is 5.32 Å². The maximum Gasteiger partial charge on any atom is 0.462 e. The van der Waals surface area contributed by atoms with Crippen molar-refractivity contribution in [3.05, 3.63) is 34.1 Å². The molecule has 3 aliphatic heterocycles. The summed E-state index contributed by atoms with van der Waals surface area (Å²) in [6.45, 7) is 1.74. The fraction of sp³-hybridized carbons (Fsp3) is 0.524. The largest absolute Gasteiger partial charge is 0.462 e. The molecule has 9 nitrogen and oxygen atoms in total. The van der Waals surface area contributed by atoms with Crippen LogP contribution in [0.15, 0.2) is 39.2 Å². The number of halogens is 3. The molecule has 0 bridgehead atoms. The highest BCUT2D eigenvalue weighted by molar-refractivity contribution is 7.89. The van der Waals surface area contributed by atoms with E-state index in [2.05, 4.69) is 15.4 Å². The molecule has 0 aliphatic carbocycles. The molecule has 1 N–H and O–H groups in total. The molecule has 1 amide bonds. The SMILES string of the molecule is O=C1C(Cl)=C(NC[C@H]2CCCOC2)C=N/[N+]1=C\C1CCN(S(=O)(=O)c2ccc(Cl)cn2)C[C@@H]1F. The van der Waals surface area contributed by atoms with Crippen molar-refractivity contribution in [3.8, 4) is 0 Å². The van der Waals surface area contributed by atoms with Gasteiger partial charge in [0.2, 0.25) is 0 Å². The van der Waals surface area contributed by atoms with Crippen molar-refractivity contribution in [3.63, 3.8) is 0 Å². The lowest BCUT2D eigenvalue weighted by Gasteiger charge is -2.30. The van der Waals surface area contributed by atoms with Crippen LogP contribution in [0.2, 0.25) is 5.02 Å². The molecule has 0 saturated carbocycles. The first kappa shape index (κ1) is 25.2. The molecule has 0 spiro atoms. The number of nitrogens with zero attached hydrogens (tertiary/aromatic N) is 4. The molecular weight excluding hydrogens is 508 g/mol. The number of amides is 1. The van der Waals surface area contributed by atoms with Gasteiger partial charge in [-0.3, -0.25) is 0 Å². The van der Waals surface area contributed by atoms with E-state index in [9.17, 15) is 17.6 Å². The average molecular weight is 533 g/mol. The Morgan fingerprint density at radius 2 is 2.15 bits per heavy atom. The number of alkyl halides is 1. The first-order valence-corrected chi connectivity index (χ1v) is 13.1. The molecule has 1 unspecified atom stereocenters. The molecule has 3 atom stereocenters. The molecule has 4 rings (SSSR count). The van der Waals surface area contributed by atoms with Crippen molar-refractivity contribution in [2.75, 3.05) is 32.8 Å². The number of hydrogen-bond acceptors (Lipinski definition) is 7. The third-order valence-electron chi connectivity index (χ3n) is 5.97. The van der Waals surface area contributed by atoms with Crippen LogP contribution in [0, 0.1) is 11.8 Å². The minimum atomic E-state index is -3.96. The number of allylic oxidation sites excluding steroid dienone is 1. The lowest BCUT2D eigenvalue weighted by molar-refractivity contribution is -0.447. The summed E-state index contributed by atoms with van der Waals surface area (Å²) in [6.07, 6.45) is 4.68. The van der Waals surface area contributed by atoms with E-state index in [1.165, 1.54) is 30.8 Å². The Morgan fingerprint density at radius 1 is 1.32 bits per heavy atom. The van der Waals surface area contributed by atoms with Gasteiger partial charge in [0.1, 0.15) is 12.4 Å². The molecular formula is C21H25Cl2FN5O4S+. The van der Waals surface area contributed by atoms with Gasteiger partial charge in [-0.2, -0.15) is 4.31 Å². The van der Waals surface area contributed by atoms with E-state index in [4.69, 9.17) is 27.9 Å². The third-order valence-corrected chi connectivity index (χ3v) is 8.34. The Hall–Kier alpha value is -1.92. The molecule has 184 valence electrons. The molecule has 0 aromatic carbocycles. The van der Waals surface area contributed by atoms with Crippen molar-refractivity contribution in [2.45, 2.75) is 30.5 Å². The number of pyridine rings is 1. The number of hydrazone groups is 1. The first-order chi connectivity index (χ1) is 16.3. The quantitative estimate of drug-likeness (QED) is 0.563. The number of sulfonamides is 1. The topological polar surface area (TPSA) is 104 Å². The predicted octanol–water partition coefficient (Wildman–Crippen LogP) is 2.16. The van der Waals surface area contributed by atoms with Crippen LogP contribution in [0.1, 0.15) is 19.3 Å². The molecule has 2 saturated heterocycles. The number of piperidine rings is 1. The van der Waals surface area contributed by atoms with E-state index in [-0.39, 0.29) is 29.6 Å². The van der Waals surface area contributed by atoms with Gasteiger partial charge in [-0.15, -0.1) is 0 Å². The number of hydrogen-bond donors (Lipinski definition) is 1. The van der Waals surface area contributed by atoms with Crippen molar-refractivity contribution in [1.29, 1.82) is 0 Å². The zero-order chi connectivity index (χ0) is 24.3. The predicted molar refractivity (Wildman–Crippen MR) is 125 cm³/mol. The maximum absolute atomic E-state index is 15.0. The summed E-state index contributed by atoms with van der Waals surface area (Å²) in [4.78, 5) is 16.5. The minimum absolute atomic E-state index is 0.0350. The number of ether oxygens (including phenoxy) is 1. The molecule has 1 aromatic heterocycles. The van der Waals surface area contributed by atoms with Crippen LogP contribution in [0.3, 0.4) is 0 Å². The monoisotopic (exact) mass is 532 g/mol. The Morgan fingerprint density at radius 3 is 2.82 bits per heavy atom. The van der Waals surface area contributed by atoms with Gasteiger partial charge >= 0.3 is 5.91 Å². The summed E-state index contributed by atoms with van der Waals surface area (Å²) in [7, 11) is -3.96. The highest BCUT2D eigenvalue weighted by atomic mass is 35.5. The number of carbonyl (C=O) groups excluding carboxylic acids is 1. The van der Waals surface area contributed by atoms with Crippen molar-refractivity contribution >= 4 is 51.6 Å². The van der Waals surface area contributed by atoms with Gasteiger partial charge < -0.3 is 10.1 Å². The maximum atomic E-state index is 15.0. The van der Waals surface area contributed by atoms with E-state index < -0.39 is 28.0 Å². The van der Waals surface area contributed by atoms with E-state index in [0.717, 1.165) is 28.4 Å². The van der Waals surface area contributed by atoms with Crippen molar-refractivity contribution in [2.24, 2.45) is 16.9 Å². The number of nitrogens with one attached hydrogen (secondary N) is 1. The Bertz CT molecular complexity index is 1120. The van der Waals surface area contributed by atoms with Crippen LogP contribution in [0.25, 0.3) is 0 Å². The van der Waals surface area contributed by atoms with E-state index >= 15 is 0 Å². The summed E-state index contributed by atoms with van der Waals surface area (Å²) in [6, 6.07) is 2.70. The Kier molecular flexibility index (Phi) is 7.98. The second-order valence-corrected chi connectivity index (χ2v) is 11.1. The second kappa shape index (κ2) is 10.8. The minimum Gasteiger partial charge on any atom is -0.382 e. The fourth-order valence-corrected chi connectivity index (χ4v) is 5.70. The molecule has 1 aromatic rings. The zero-order valence-electron chi connectivity index (χ0n) is 18.2. The molecule has 0 radical (unpaired) electrons. The highest BCUT2D eigenvalue weighted by Gasteiger charge is 2.39. The number of carbonyl (C=O) groups is 1. The normalized spacial score (nSPS) is 27.9. The summed E-state index contributed by atoms with van der Waals surface area (Å²) in [5.74, 6) is -0.945. The summed E-state index contributed by atoms with van der Waals surface area (Å²) < 4.78 is 48.0. The highest BCUT2D eigenvalue weighted by Crippen LogP contribution is 2.25. The molecule has 34 heavy (non-hydrogen) atoms. The van der Waals surface area contributed by atoms with Gasteiger partial charge in [-0.05, 0) is 42.0 Å². The Balaban J connectivity index is 1.38. The van der Waals surface area contributed by atoms with Crippen LogP contribution in [-0.2, 0) is 19.6 Å². The zero-order valence-corrected chi connectivity index (χ0v) is 20.6. The number of aromatic nitrogens is 1. The second-order valence-electron chi connectivity index (χ2n) is 8.38. The van der Waals surface area contributed by atoms with Gasteiger partial charge in [0.25, 0.3) is 10.0 Å². The molecule has 3 aliphatic rings. The van der Waals surface area contributed by atoms with Crippen LogP contribution >= 0.6 is 23.2 Å². The molecule has 2 fully saturated rings. The molecule has 4 heterocycles. The lowest BCUT2D eigenvalue weighted by Crippen LogP contribution is -2.46. The fourth-order valence-electron chi connectivity index (χ4n) is 4.01. The lowest BCUT2D eigenvalue weighted by atomic mass is 9.97. The van der Waals surface area contributed by atoms with Crippen LogP contribution in [0.4, 0.5) is 4.39 Å². The van der Waals surface area contributed by atoms with Gasteiger partial charge in [-0.1, -0.05) is 23.2 Å². The summed E-state index contributed by atoms with van der Waals surface area (Å²) in [5, 5.41) is 7.32. The van der Waals surface area contributed by atoms with Gasteiger partial charge in [0, 0.05) is 37.5 Å². The Labute approximate surface area is 207 Å². The number of rotatable bonds is 6. The van der Waals surface area contributed by atoms with Crippen LogP contribution in [-0.4, -0.2) is 79.7 Å². The standard InChI is InChI=1S/C21H24Cl2FN5O4S/c22-16-3-4-19(26-9-16)34(31,32)28-6-5-15(17(24)12-28)11-29-21(30)20(23)18(10-27-29)25-8-14-2-1-7-33-13-14/h3-4,9-11,14-15,17H,1-2,5-8,12-13H2/p+1/b29-11-/t14-,15?,17+/m1/s1. The van der Waals surface area contributed by atoms with Crippen molar-refractivity contribution < 1.29 is 27.0 Å². The van der Waals surface area contributed by atoms with Crippen molar-refractivity contribution in [1.82, 2.24) is 14.6 Å². The van der Waals surface area contributed by atoms with Gasteiger partial charge in [-0.25, -0.2) is 22.6 Å². The summed E-state index contributed by atoms with van der Waals surface area (Å²) in [5.41, 5.74) is 0.412.